The van der Waals surface area contributed by atoms with E-state index in [1.807, 2.05) is 16.3 Å². The van der Waals surface area contributed by atoms with Crippen LogP contribution in [0, 0.1) is 5.92 Å². The number of nitrogens with zero attached hydrogens (tertiary/aromatic N) is 2. The second-order valence-corrected chi connectivity index (χ2v) is 5.17. The lowest BCUT2D eigenvalue weighted by Crippen LogP contribution is -2.01. The van der Waals surface area contributed by atoms with Crippen molar-refractivity contribution in [1.82, 2.24) is 9.78 Å². The Balaban J connectivity index is 2.16. The first-order valence-corrected chi connectivity index (χ1v) is 6.46. The second-order valence-electron chi connectivity index (χ2n) is 4.39. The van der Waals surface area contributed by atoms with E-state index in [-0.39, 0.29) is 0 Å². The number of anilines is 1. The van der Waals surface area contributed by atoms with E-state index in [9.17, 15) is 0 Å². The van der Waals surface area contributed by atoms with Crippen LogP contribution in [0.4, 0.5) is 5.69 Å². The first kappa shape index (κ1) is 11.2. The van der Waals surface area contributed by atoms with Crippen molar-refractivity contribution in [2.75, 3.05) is 5.73 Å². The molecule has 0 unspecified atom stereocenters. The monoisotopic (exact) mass is 235 g/mol. The van der Waals surface area contributed by atoms with E-state index in [4.69, 9.17) is 5.73 Å². The molecule has 0 radical (unpaired) electrons. The molecule has 2 aromatic heterocycles. The van der Waals surface area contributed by atoms with Gasteiger partial charge in [-0.1, -0.05) is 13.8 Å². The zero-order chi connectivity index (χ0) is 11.5. The maximum absolute atomic E-state index is 5.96. The predicted molar refractivity (Wildman–Crippen MR) is 69.4 cm³/mol. The van der Waals surface area contributed by atoms with E-state index < -0.39 is 0 Å². The highest BCUT2D eigenvalue weighted by atomic mass is 32.1. The predicted octanol–water partition coefficient (Wildman–Crippen LogP) is 3.24. The van der Waals surface area contributed by atoms with Gasteiger partial charge in [-0.25, -0.2) is 0 Å². The zero-order valence-corrected chi connectivity index (χ0v) is 10.5. The molecular formula is C12H17N3S. The zero-order valence-electron chi connectivity index (χ0n) is 9.68. The van der Waals surface area contributed by atoms with Crippen molar-refractivity contribution < 1.29 is 0 Å². The molecule has 16 heavy (non-hydrogen) atoms. The third-order valence-corrected chi connectivity index (χ3v) is 3.20. The summed E-state index contributed by atoms with van der Waals surface area (Å²) in [6, 6.07) is 2.05. The van der Waals surface area contributed by atoms with Crippen LogP contribution in [0.5, 0.6) is 0 Å². The largest absolute Gasteiger partial charge is 0.396 e. The van der Waals surface area contributed by atoms with E-state index in [0.717, 1.165) is 29.9 Å². The molecule has 2 N–H and O–H groups in total. The molecule has 0 fully saturated rings. The van der Waals surface area contributed by atoms with Crippen LogP contribution >= 0.6 is 11.3 Å². The molecule has 3 nitrogen and oxygen atoms in total. The highest BCUT2D eigenvalue weighted by Crippen LogP contribution is 2.26. The number of hydrogen-bond donors (Lipinski definition) is 1. The number of aryl methyl sites for hydroxylation is 1. The van der Waals surface area contributed by atoms with Gasteiger partial charge in [0.2, 0.25) is 0 Å². The van der Waals surface area contributed by atoms with E-state index in [1.54, 1.807) is 11.3 Å². The third-order valence-electron chi connectivity index (χ3n) is 2.52. The van der Waals surface area contributed by atoms with Gasteiger partial charge >= 0.3 is 0 Å². The summed E-state index contributed by atoms with van der Waals surface area (Å²) in [6.45, 7) is 5.37. The van der Waals surface area contributed by atoms with Gasteiger partial charge in [0.25, 0.3) is 0 Å². The molecule has 86 valence electrons. The number of hydrogen-bond acceptors (Lipinski definition) is 3. The molecule has 0 aromatic carbocycles. The molecule has 0 saturated heterocycles. The maximum Gasteiger partial charge on any atom is 0.116 e. The van der Waals surface area contributed by atoms with Crippen molar-refractivity contribution in [1.29, 1.82) is 0 Å². The van der Waals surface area contributed by atoms with Crippen molar-refractivity contribution in [3.05, 3.63) is 23.0 Å². The summed E-state index contributed by atoms with van der Waals surface area (Å²) >= 11 is 1.67. The number of nitrogen functional groups attached to an aromatic ring is 1. The lowest BCUT2D eigenvalue weighted by Gasteiger charge is -2.03. The van der Waals surface area contributed by atoms with Gasteiger partial charge in [0.1, 0.15) is 5.69 Å². The van der Waals surface area contributed by atoms with Crippen LogP contribution in [-0.4, -0.2) is 9.78 Å². The second kappa shape index (κ2) is 4.70. The Hall–Kier alpha value is -1.29. The number of aromatic nitrogens is 2. The third kappa shape index (κ3) is 2.44. The van der Waals surface area contributed by atoms with Gasteiger partial charge in [0.15, 0.2) is 0 Å². The van der Waals surface area contributed by atoms with Gasteiger partial charge in [-0.2, -0.15) is 16.4 Å². The lowest BCUT2D eigenvalue weighted by atomic mass is 10.1. The highest BCUT2D eigenvalue weighted by molar-refractivity contribution is 7.08. The van der Waals surface area contributed by atoms with Gasteiger partial charge in [0.05, 0.1) is 5.69 Å². The van der Waals surface area contributed by atoms with Crippen LogP contribution in [0.3, 0.4) is 0 Å². The lowest BCUT2D eigenvalue weighted by molar-refractivity contribution is 0.488. The molecule has 0 aliphatic heterocycles. The smallest absolute Gasteiger partial charge is 0.116 e. The Bertz CT molecular complexity index is 443. The number of nitrogens with two attached hydrogens (primary N) is 1. The summed E-state index contributed by atoms with van der Waals surface area (Å²) in [5.74, 6) is 0.690. The van der Waals surface area contributed by atoms with E-state index in [0.29, 0.717) is 5.92 Å². The first-order valence-electron chi connectivity index (χ1n) is 5.52. The summed E-state index contributed by atoms with van der Waals surface area (Å²) in [5.41, 5.74) is 8.75. The molecule has 0 aliphatic carbocycles. The van der Waals surface area contributed by atoms with E-state index in [1.165, 1.54) is 0 Å². The maximum atomic E-state index is 5.96. The summed E-state index contributed by atoms with van der Waals surface area (Å²) < 4.78 is 1.95. The van der Waals surface area contributed by atoms with Crippen molar-refractivity contribution in [2.45, 2.75) is 26.8 Å². The highest BCUT2D eigenvalue weighted by Gasteiger charge is 2.08. The molecule has 0 bridgehead atoms. The Morgan fingerprint density at radius 2 is 2.31 bits per heavy atom. The van der Waals surface area contributed by atoms with Gasteiger partial charge in [-0.05, 0) is 23.8 Å². The summed E-state index contributed by atoms with van der Waals surface area (Å²) in [5, 5.41) is 8.64. The Morgan fingerprint density at radius 3 is 2.94 bits per heavy atom. The topological polar surface area (TPSA) is 43.8 Å². The molecule has 0 amide bonds. The molecule has 2 heterocycles. The van der Waals surface area contributed by atoms with Crippen molar-refractivity contribution in [3.63, 3.8) is 0 Å². The first-order chi connectivity index (χ1) is 7.66. The van der Waals surface area contributed by atoms with Gasteiger partial charge < -0.3 is 5.73 Å². The van der Waals surface area contributed by atoms with E-state index in [2.05, 4.69) is 30.4 Å². The normalized spacial score (nSPS) is 11.2. The fourth-order valence-corrected chi connectivity index (χ4v) is 2.21. The van der Waals surface area contributed by atoms with Gasteiger partial charge in [0, 0.05) is 23.7 Å². The Morgan fingerprint density at radius 1 is 1.50 bits per heavy atom. The van der Waals surface area contributed by atoms with Crippen LogP contribution in [0.1, 0.15) is 20.3 Å². The van der Waals surface area contributed by atoms with Crippen molar-refractivity contribution in [3.8, 4) is 11.3 Å². The Labute approximate surface area is 99.9 Å². The molecule has 0 aliphatic rings. The molecule has 0 spiro atoms. The van der Waals surface area contributed by atoms with Crippen LogP contribution in [0.25, 0.3) is 11.3 Å². The quantitative estimate of drug-likeness (QED) is 0.884. The number of rotatable bonds is 4. The minimum Gasteiger partial charge on any atom is -0.396 e. The van der Waals surface area contributed by atoms with Gasteiger partial charge in [-0.15, -0.1) is 0 Å². The molecule has 4 heteroatoms. The van der Waals surface area contributed by atoms with Crippen LogP contribution in [0.15, 0.2) is 23.0 Å². The Kier molecular flexibility index (Phi) is 3.29. The molecule has 2 rings (SSSR count). The van der Waals surface area contributed by atoms with Crippen molar-refractivity contribution in [2.24, 2.45) is 5.92 Å². The van der Waals surface area contributed by atoms with Crippen LogP contribution in [0.2, 0.25) is 0 Å². The summed E-state index contributed by atoms with van der Waals surface area (Å²) in [7, 11) is 0. The fourth-order valence-electron chi connectivity index (χ4n) is 1.57. The molecular weight excluding hydrogens is 218 g/mol. The summed E-state index contributed by atoms with van der Waals surface area (Å²) in [4.78, 5) is 0. The van der Waals surface area contributed by atoms with Crippen molar-refractivity contribution >= 4 is 17.0 Å². The standard InChI is InChI=1S/C12H17N3S/c1-9(2)3-5-15-7-11(13)12(14-15)10-4-6-16-8-10/h4,6-9H,3,5,13H2,1-2H3. The molecule has 2 aromatic rings. The van der Waals surface area contributed by atoms with E-state index >= 15 is 0 Å². The fraction of sp³-hybridized carbons (Fsp3) is 0.417. The number of thiophene rings is 1. The van der Waals surface area contributed by atoms with Crippen LogP contribution < -0.4 is 5.73 Å². The average Bonchev–Trinajstić information content (AvgIpc) is 2.83. The average molecular weight is 235 g/mol. The summed E-state index contributed by atoms with van der Waals surface area (Å²) in [6.07, 6.45) is 3.06. The minimum absolute atomic E-state index is 0.690. The minimum atomic E-state index is 0.690. The molecule has 0 atom stereocenters. The molecule has 0 saturated carbocycles. The van der Waals surface area contributed by atoms with Gasteiger partial charge in [-0.3, -0.25) is 4.68 Å². The SMILES string of the molecule is CC(C)CCn1cc(N)c(-c2ccsc2)n1. The van der Waals surface area contributed by atoms with Crippen LogP contribution in [-0.2, 0) is 6.54 Å².